The maximum atomic E-state index is 11.2. The van der Waals surface area contributed by atoms with Gasteiger partial charge in [-0.05, 0) is 32.7 Å². The molecule has 0 heterocycles. The van der Waals surface area contributed by atoms with Crippen molar-refractivity contribution in [3.8, 4) is 0 Å². The molecule has 0 radical (unpaired) electrons. The minimum absolute atomic E-state index is 0.358. The van der Waals surface area contributed by atoms with E-state index < -0.39 is 0 Å². The van der Waals surface area contributed by atoms with Crippen LogP contribution in [0.3, 0.4) is 0 Å². The van der Waals surface area contributed by atoms with Crippen molar-refractivity contribution < 1.29 is 20.4 Å². The van der Waals surface area contributed by atoms with Gasteiger partial charge in [0.1, 0.15) is 0 Å². The lowest BCUT2D eigenvalue weighted by Gasteiger charge is -2.31. The first-order valence-electron chi connectivity index (χ1n) is 31.1. The van der Waals surface area contributed by atoms with Crippen LogP contribution in [0.2, 0.25) is 0 Å². The molecule has 0 aliphatic heterocycles. The Kier molecular flexibility index (Phi) is 54.3. The first-order chi connectivity index (χ1) is 33.2. The van der Waals surface area contributed by atoms with Crippen LogP contribution in [-0.2, 0) is 0 Å². The van der Waals surface area contributed by atoms with E-state index in [2.05, 4.69) is 49.4 Å². The van der Waals surface area contributed by atoms with Crippen molar-refractivity contribution in [2.75, 3.05) is 59.4 Å². The molecular formula is C61H127N3O4. The van der Waals surface area contributed by atoms with Crippen LogP contribution in [0.25, 0.3) is 0 Å². The van der Waals surface area contributed by atoms with E-state index in [0.29, 0.717) is 26.2 Å². The molecule has 0 rings (SSSR count). The van der Waals surface area contributed by atoms with E-state index in [0.717, 1.165) is 77.5 Å². The molecule has 0 fully saturated rings. The summed E-state index contributed by atoms with van der Waals surface area (Å²) in [4.78, 5) is 7.05. The van der Waals surface area contributed by atoms with Crippen LogP contribution in [0.15, 0.2) is 0 Å². The normalized spacial score (nSPS) is 13.9. The summed E-state index contributed by atoms with van der Waals surface area (Å²) < 4.78 is 0. The summed E-state index contributed by atoms with van der Waals surface area (Å²) >= 11 is 0. The molecule has 0 aliphatic carbocycles. The number of nitrogens with zero attached hydrogens (tertiary/aromatic N) is 3. The summed E-state index contributed by atoms with van der Waals surface area (Å²) in [5.41, 5.74) is 0. The van der Waals surface area contributed by atoms with E-state index in [1.54, 1.807) is 0 Å². The third-order valence-electron chi connectivity index (χ3n) is 15.0. The summed E-state index contributed by atoms with van der Waals surface area (Å²) in [6.07, 6.45) is 54.1. The van der Waals surface area contributed by atoms with E-state index in [9.17, 15) is 20.4 Å². The highest BCUT2D eigenvalue weighted by atomic mass is 16.3. The Morgan fingerprint density at radius 2 is 0.397 bits per heavy atom. The zero-order chi connectivity index (χ0) is 49.8. The monoisotopic (exact) mass is 966 g/mol. The number of hydrogen-bond donors (Lipinski definition) is 4. The van der Waals surface area contributed by atoms with Gasteiger partial charge in [-0.15, -0.1) is 0 Å². The van der Waals surface area contributed by atoms with E-state index in [1.165, 1.54) is 231 Å². The second kappa shape index (κ2) is 54.5. The third kappa shape index (κ3) is 50.7. The van der Waals surface area contributed by atoms with Crippen LogP contribution in [0.4, 0.5) is 0 Å². The summed E-state index contributed by atoms with van der Waals surface area (Å²) in [7, 11) is 2.19. The van der Waals surface area contributed by atoms with Crippen molar-refractivity contribution >= 4 is 0 Å². The molecule has 68 heavy (non-hydrogen) atoms. The topological polar surface area (TPSA) is 90.6 Å². The highest BCUT2D eigenvalue weighted by Gasteiger charge is 2.19. The minimum Gasteiger partial charge on any atom is -0.392 e. The molecule has 410 valence electrons. The SMILES string of the molecule is CCCCCCCCCCCCC(O)CN(CCN(C)CCN(CC(O)CCCCCCCCCCCC)CC(O)CCCCCCCCCCCC)CC(O)CCCCCCCCCCCC. The van der Waals surface area contributed by atoms with Gasteiger partial charge in [0.05, 0.1) is 24.4 Å². The van der Waals surface area contributed by atoms with E-state index in [1.807, 2.05) is 0 Å². The Hall–Kier alpha value is -0.280. The maximum Gasteiger partial charge on any atom is 0.0667 e. The Bertz CT molecular complexity index is 807. The van der Waals surface area contributed by atoms with Gasteiger partial charge in [-0.2, -0.15) is 0 Å². The Morgan fingerprint density at radius 1 is 0.235 bits per heavy atom. The lowest BCUT2D eigenvalue weighted by Crippen LogP contribution is -2.44. The molecule has 0 amide bonds. The van der Waals surface area contributed by atoms with Crippen molar-refractivity contribution in [2.24, 2.45) is 0 Å². The van der Waals surface area contributed by atoms with Gasteiger partial charge in [0.2, 0.25) is 0 Å². The van der Waals surface area contributed by atoms with Crippen molar-refractivity contribution in [1.82, 2.24) is 14.7 Å². The van der Waals surface area contributed by atoms with Crippen molar-refractivity contribution in [2.45, 2.75) is 335 Å². The molecule has 0 saturated carbocycles. The minimum atomic E-state index is -0.358. The van der Waals surface area contributed by atoms with Crippen molar-refractivity contribution in [3.05, 3.63) is 0 Å². The molecule has 4 N–H and O–H groups in total. The Labute approximate surface area is 427 Å². The standard InChI is InChI=1S/C61H127N3O4/c1-6-10-14-18-22-26-30-34-38-42-46-58(65)54-63(55-59(66)47-43-39-35-31-27-23-19-15-11-7-2)52-50-62(5)51-53-64(56-60(67)48-44-40-36-32-28-24-20-16-12-8-3)57-61(68)49-45-41-37-33-29-25-21-17-13-9-4/h58-61,65-68H,6-57H2,1-5H3. The molecule has 0 aliphatic rings. The van der Waals surface area contributed by atoms with Gasteiger partial charge in [0, 0.05) is 52.4 Å². The molecule has 0 aromatic carbocycles. The second-order valence-electron chi connectivity index (χ2n) is 22.3. The Balaban J connectivity index is 5.16. The molecule has 4 atom stereocenters. The summed E-state index contributed by atoms with van der Waals surface area (Å²) in [6.45, 7) is 15.0. The zero-order valence-corrected chi connectivity index (χ0v) is 47.2. The van der Waals surface area contributed by atoms with Gasteiger partial charge in [-0.3, -0.25) is 9.80 Å². The largest absolute Gasteiger partial charge is 0.392 e. The van der Waals surface area contributed by atoms with Crippen LogP contribution in [-0.4, -0.2) is 119 Å². The molecule has 4 unspecified atom stereocenters. The van der Waals surface area contributed by atoms with E-state index in [-0.39, 0.29) is 24.4 Å². The van der Waals surface area contributed by atoms with Crippen LogP contribution < -0.4 is 0 Å². The van der Waals surface area contributed by atoms with Gasteiger partial charge >= 0.3 is 0 Å². The molecule has 0 bridgehead atoms. The van der Waals surface area contributed by atoms with Crippen LogP contribution in [0, 0.1) is 0 Å². The number of unbranched alkanes of at least 4 members (excludes halogenated alkanes) is 36. The molecule has 0 saturated heterocycles. The van der Waals surface area contributed by atoms with Crippen molar-refractivity contribution in [3.63, 3.8) is 0 Å². The van der Waals surface area contributed by atoms with Gasteiger partial charge in [-0.25, -0.2) is 0 Å². The first kappa shape index (κ1) is 67.7. The quantitative estimate of drug-likeness (QED) is 0.0452. The fraction of sp³-hybridized carbons (Fsp3) is 1.00. The number of hydrogen-bond acceptors (Lipinski definition) is 7. The smallest absolute Gasteiger partial charge is 0.0667 e. The van der Waals surface area contributed by atoms with Crippen molar-refractivity contribution in [1.29, 1.82) is 0 Å². The highest BCUT2D eigenvalue weighted by Crippen LogP contribution is 2.18. The predicted molar refractivity (Wildman–Crippen MR) is 300 cm³/mol. The number of likely N-dealkylation sites (N-methyl/N-ethyl adjacent to an activating group) is 1. The molecule has 7 heteroatoms. The maximum absolute atomic E-state index is 11.2. The number of aliphatic hydroxyl groups excluding tert-OH is 4. The van der Waals surface area contributed by atoms with Crippen LogP contribution in [0.1, 0.15) is 310 Å². The molecular weight excluding hydrogens is 839 g/mol. The molecule has 0 aromatic rings. The summed E-state index contributed by atoms with van der Waals surface area (Å²) in [5.74, 6) is 0. The van der Waals surface area contributed by atoms with Gasteiger partial charge in [0.15, 0.2) is 0 Å². The number of aliphatic hydroxyl groups is 4. The average Bonchev–Trinajstić information content (AvgIpc) is 3.32. The summed E-state index contributed by atoms with van der Waals surface area (Å²) in [5, 5.41) is 45.0. The fourth-order valence-corrected chi connectivity index (χ4v) is 10.3. The molecule has 7 nitrogen and oxygen atoms in total. The fourth-order valence-electron chi connectivity index (χ4n) is 10.3. The predicted octanol–water partition coefficient (Wildman–Crippen LogP) is 16.2. The van der Waals surface area contributed by atoms with E-state index in [4.69, 9.17) is 0 Å². The summed E-state index contributed by atoms with van der Waals surface area (Å²) in [6, 6.07) is 0. The third-order valence-corrected chi connectivity index (χ3v) is 15.0. The molecule has 0 spiro atoms. The van der Waals surface area contributed by atoms with Gasteiger partial charge in [0.25, 0.3) is 0 Å². The van der Waals surface area contributed by atoms with Gasteiger partial charge in [-0.1, -0.05) is 285 Å². The zero-order valence-electron chi connectivity index (χ0n) is 47.2. The first-order valence-corrected chi connectivity index (χ1v) is 31.1. The van der Waals surface area contributed by atoms with Crippen LogP contribution >= 0.6 is 0 Å². The average molecular weight is 967 g/mol. The Morgan fingerprint density at radius 3 is 0.574 bits per heavy atom. The van der Waals surface area contributed by atoms with E-state index >= 15 is 0 Å². The van der Waals surface area contributed by atoms with Gasteiger partial charge < -0.3 is 25.3 Å². The molecule has 0 aromatic heterocycles. The lowest BCUT2D eigenvalue weighted by molar-refractivity contribution is 0.0492. The highest BCUT2D eigenvalue weighted by molar-refractivity contribution is 4.74. The number of rotatable bonds is 58. The lowest BCUT2D eigenvalue weighted by atomic mass is 10.0. The second-order valence-corrected chi connectivity index (χ2v) is 22.3. The van der Waals surface area contributed by atoms with Crippen LogP contribution in [0.5, 0.6) is 0 Å².